The van der Waals surface area contributed by atoms with Crippen LogP contribution >= 0.6 is 15.9 Å². The molecule has 1 aromatic rings. The van der Waals surface area contributed by atoms with Crippen LogP contribution in [-0.2, 0) is 6.42 Å². The van der Waals surface area contributed by atoms with Gasteiger partial charge in [-0.25, -0.2) is 0 Å². The second kappa shape index (κ2) is 6.18. The third-order valence-corrected chi connectivity index (χ3v) is 4.58. The van der Waals surface area contributed by atoms with Crippen molar-refractivity contribution in [3.8, 4) is 0 Å². The Morgan fingerprint density at radius 2 is 1.94 bits per heavy atom. The van der Waals surface area contributed by atoms with E-state index in [-0.39, 0.29) is 5.41 Å². The molecule has 0 atom stereocenters. The summed E-state index contributed by atoms with van der Waals surface area (Å²) < 4.78 is 1.13. The molecule has 0 aromatic heterocycles. The van der Waals surface area contributed by atoms with E-state index in [0.717, 1.165) is 24.0 Å². The summed E-state index contributed by atoms with van der Waals surface area (Å²) in [6, 6.07) is 8.53. The summed E-state index contributed by atoms with van der Waals surface area (Å²) in [7, 11) is 2.16. The number of nitrogens with zero attached hydrogens (tertiary/aromatic N) is 1. The predicted molar refractivity (Wildman–Crippen MR) is 78.7 cm³/mol. The van der Waals surface area contributed by atoms with E-state index in [4.69, 9.17) is 0 Å². The number of aliphatic hydroxyl groups is 1. The molecule has 100 valence electrons. The molecule has 0 amide bonds. The van der Waals surface area contributed by atoms with Crippen LogP contribution in [0.3, 0.4) is 0 Å². The molecule has 0 heterocycles. The lowest BCUT2D eigenvalue weighted by Crippen LogP contribution is -2.44. The Balaban J connectivity index is 1.77. The first kappa shape index (κ1) is 14.0. The molecule has 1 N–H and O–H groups in total. The Morgan fingerprint density at radius 1 is 1.28 bits per heavy atom. The van der Waals surface area contributed by atoms with Crippen LogP contribution in [0.2, 0.25) is 0 Å². The Morgan fingerprint density at radius 3 is 2.44 bits per heavy atom. The zero-order chi connectivity index (χ0) is 13.0. The molecule has 1 aliphatic rings. The fourth-order valence-electron chi connectivity index (χ4n) is 2.67. The highest BCUT2D eigenvalue weighted by molar-refractivity contribution is 9.10. The van der Waals surface area contributed by atoms with Gasteiger partial charge in [-0.05, 0) is 44.0 Å². The molecule has 3 heteroatoms. The first-order valence-corrected chi connectivity index (χ1v) is 7.47. The molecule has 0 aliphatic heterocycles. The van der Waals surface area contributed by atoms with Gasteiger partial charge in [0.05, 0.1) is 0 Å². The highest BCUT2D eigenvalue weighted by Gasteiger charge is 2.36. The average Bonchev–Trinajstić information content (AvgIpc) is 2.33. The van der Waals surface area contributed by atoms with Crippen LogP contribution in [0.1, 0.15) is 24.8 Å². The monoisotopic (exact) mass is 311 g/mol. The zero-order valence-electron chi connectivity index (χ0n) is 11.0. The van der Waals surface area contributed by atoms with E-state index in [1.165, 1.54) is 24.8 Å². The number of aliphatic hydroxyl groups excluding tert-OH is 1. The highest BCUT2D eigenvalue weighted by Crippen LogP contribution is 2.40. The summed E-state index contributed by atoms with van der Waals surface area (Å²) in [6.07, 6.45) is 4.73. The normalized spacial score (nSPS) is 17.8. The minimum Gasteiger partial charge on any atom is -0.396 e. The molecular weight excluding hydrogens is 290 g/mol. The van der Waals surface area contributed by atoms with E-state index in [2.05, 4.69) is 52.1 Å². The minimum atomic E-state index is 0.203. The molecule has 1 aromatic carbocycles. The number of hydrogen-bond donors (Lipinski definition) is 1. The lowest BCUT2D eigenvalue weighted by atomic mass is 9.69. The molecule has 2 nitrogen and oxygen atoms in total. The van der Waals surface area contributed by atoms with Crippen molar-refractivity contribution in [2.24, 2.45) is 5.41 Å². The summed E-state index contributed by atoms with van der Waals surface area (Å²) >= 11 is 3.45. The lowest BCUT2D eigenvalue weighted by molar-refractivity contribution is 0.0149. The summed E-state index contributed by atoms with van der Waals surface area (Å²) in [4.78, 5) is 2.36. The molecule has 1 saturated carbocycles. The second-order valence-corrected chi connectivity index (χ2v) is 6.54. The van der Waals surface area contributed by atoms with E-state index < -0.39 is 0 Å². The van der Waals surface area contributed by atoms with Crippen molar-refractivity contribution < 1.29 is 5.11 Å². The van der Waals surface area contributed by atoms with Crippen LogP contribution in [0.25, 0.3) is 0 Å². The van der Waals surface area contributed by atoms with Crippen LogP contribution in [0.5, 0.6) is 0 Å². The van der Waals surface area contributed by atoms with Gasteiger partial charge in [0.15, 0.2) is 0 Å². The zero-order valence-corrected chi connectivity index (χ0v) is 12.6. The third kappa shape index (κ3) is 3.56. The van der Waals surface area contributed by atoms with Crippen LogP contribution in [0.4, 0.5) is 0 Å². The van der Waals surface area contributed by atoms with Gasteiger partial charge in [0.25, 0.3) is 0 Å². The number of rotatable bonds is 6. The maximum absolute atomic E-state index is 9.47. The topological polar surface area (TPSA) is 23.5 Å². The van der Waals surface area contributed by atoms with Crippen LogP contribution in [0, 0.1) is 5.41 Å². The molecule has 0 spiro atoms. The Hall–Kier alpha value is -0.380. The van der Waals surface area contributed by atoms with Crippen molar-refractivity contribution in [3.63, 3.8) is 0 Å². The van der Waals surface area contributed by atoms with Gasteiger partial charge in [-0.15, -0.1) is 0 Å². The largest absolute Gasteiger partial charge is 0.396 e. The first-order valence-electron chi connectivity index (χ1n) is 6.67. The predicted octanol–water partition coefficient (Wildman–Crippen LogP) is 3.09. The molecule has 0 bridgehead atoms. The first-order chi connectivity index (χ1) is 8.63. The van der Waals surface area contributed by atoms with Gasteiger partial charge < -0.3 is 10.0 Å². The van der Waals surface area contributed by atoms with Gasteiger partial charge in [0.2, 0.25) is 0 Å². The second-order valence-electron chi connectivity index (χ2n) is 5.63. The van der Waals surface area contributed by atoms with Gasteiger partial charge in [-0.1, -0.05) is 34.5 Å². The van der Waals surface area contributed by atoms with Gasteiger partial charge >= 0.3 is 0 Å². The van der Waals surface area contributed by atoms with Gasteiger partial charge in [-0.3, -0.25) is 0 Å². The van der Waals surface area contributed by atoms with Crippen LogP contribution < -0.4 is 0 Å². The van der Waals surface area contributed by atoms with E-state index in [1.54, 1.807) is 0 Å². The maximum atomic E-state index is 9.47. The van der Waals surface area contributed by atoms with E-state index in [1.807, 2.05) is 0 Å². The third-order valence-electron chi connectivity index (χ3n) is 4.05. The molecule has 0 saturated heterocycles. The average molecular weight is 312 g/mol. The number of hydrogen-bond acceptors (Lipinski definition) is 2. The standard InChI is InChI=1S/C15H22BrNO/c1-17(11-15(12-18)8-2-9-15)10-7-13-3-5-14(16)6-4-13/h3-6,18H,2,7-12H2,1H3. The SMILES string of the molecule is CN(CCc1ccc(Br)cc1)CC1(CO)CCC1. The summed E-state index contributed by atoms with van der Waals surface area (Å²) in [6.45, 7) is 2.43. The molecule has 1 fully saturated rings. The fourth-order valence-corrected chi connectivity index (χ4v) is 2.93. The minimum absolute atomic E-state index is 0.203. The lowest BCUT2D eigenvalue weighted by Gasteiger charge is -2.43. The summed E-state index contributed by atoms with van der Waals surface area (Å²) in [5, 5.41) is 9.47. The van der Waals surface area contributed by atoms with E-state index in [0.29, 0.717) is 6.61 Å². The van der Waals surface area contributed by atoms with Gasteiger partial charge in [0.1, 0.15) is 0 Å². The van der Waals surface area contributed by atoms with Crippen molar-refractivity contribution in [2.75, 3.05) is 26.7 Å². The summed E-state index contributed by atoms with van der Waals surface area (Å²) in [5.74, 6) is 0. The van der Waals surface area contributed by atoms with Crippen molar-refractivity contribution >= 4 is 15.9 Å². The van der Waals surface area contributed by atoms with Gasteiger partial charge in [-0.2, -0.15) is 0 Å². The molecular formula is C15H22BrNO. The van der Waals surface area contributed by atoms with Crippen LogP contribution in [-0.4, -0.2) is 36.8 Å². The summed E-state index contributed by atoms with van der Waals surface area (Å²) in [5.41, 5.74) is 1.57. The van der Waals surface area contributed by atoms with Crippen molar-refractivity contribution in [1.29, 1.82) is 0 Å². The molecule has 0 unspecified atom stereocenters. The van der Waals surface area contributed by atoms with Crippen molar-refractivity contribution in [1.82, 2.24) is 4.90 Å². The number of benzene rings is 1. The molecule has 1 aliphatic carbocycles. The van der Waals surface area contributed by atoms with E-state index in [9.17, 15) is 5.11 Å². The Kier molecular flexibility index (Phi) is 4.82. The quantitative estimate of drug-likeness (QED) is 0.872. The molecule has 0 radical (unpaired) electrons. The number of halogens is 1. The van der Waals surface area contributed by atoms with E-state index >= 15 is 0 Å². The maximum Gasteiger partial charge on any atom is 0.0499 e. The van der Waals surface area contributed by atoms with Crippen molar-refractivity contribution in [3.05, 3.63) is 34.3 Å². The Bertz CT molecular complexity index is 367. The van der Waals surface area contributed by atoms with Crippen LogP contribution in [0.15, 0.2) is 28.7 Å². The molecule has 2 rings (SSSR count). The molecule has 18 heavy (non-hydrogen) atoms. The van der Waals surface area contributed by atoms with Gasteiger partial charge in [0, 0.05) is 29.6 Å². The fraction of sp³-hybridized carbons (Fsp3) is 0.600. The smallest absolute Gasteiger partial charge is 0.0499 e. The number of likely N-dealkylation sites (N-methyl/N-ethyl adjacent to an activating group) is 1. The highest BCUT2D eigenvalue weighted by atomic mass is 79.9. The van der Waals surface area contributed by atoms with Crippen molar-refractivity contribution in [2.45, 2.75) is 25.7 Å². The Labute approximate surface area is 118 Å².